The zero-order chi connectivity index (χ0) is 16.2. The lowest BCUT2D eigenvalue weighted by Gasteiger charge is -2.42. The Hall–Kier alpha value is -2.08. The fourth-order valence-corrected chi connectivity index (χ4v) is 2.67. The maximum absolute atomic E-state index is 12.0. The summed E-state index contributed by atoms with van der Waals surface area (Å²) in [6.07, 6.45) is -0.328. The highest BCUT2D eigenvalue weighted by Crippen LogP contribution is 2.32. The second-order valence-electron chi connectivity index (χ2n) is 6.11. The van der Waals surface area contributed by atoms with Gasteiger partial charge in [-0.25, -0.2) is 9.59 Å². The molecule has 1 saturated heterocycles. The highest BCUT2D eigenvalue weighted by molar-refractivity contribution is 5.84. The molecule has 1 unspecified atom stereocenters. The second kappa shape index (κ2) is 6.36. The van der Waals surface area contributed by atoms with Gasteiger partial charge in [-0.15, -0.1) is 0 Å². The van der Waals surface area contributed by atoms with Crippen molar-refractivity contribution in [2.45, 2.75) is 44.4 Å². The number of hydrogen-bond donors (Lipinski definition) is 2. The fourth-order valence-electron chi connectivity index (χ4n) is 2.67. The summed E-state index contributed by atoms with van der Waals surface area (Å²) in [5.74, 6) is -1.07. The predicted octanol–water partition coefficient (Wildman–Crippen LogP) is 2.33. The number of hydrogen-bond acceptors (Lipinski definition) is 4. The normalized spacial score (nSPS) is 23.5. The molecule has 0 spiro atoms. The molecule has 1 aliphatic heterocycles. The van der Waals surface area contributed by atoms with Gasteiger partial charge in [-0.1, -0.05) is 30.3 Å². The lowest BCUT2D eigenvalue weighted by atomic mass is 9.81. The van der Waals surface area contributed by atoms with Crippen molar-refractivity contribution in [3.05, 3.63) is 35.9 Å². The molecule has 1 atom stereocenters. The smallest absolute Gasteiger partial charge is 0.408 e. The lowest BCUT2D eigenvalue weighted by molar-refractivity contribution is -0.157. The zero-order valence-corrected chi connectivity index (χ0v) is 12.8. The van der Waals surface area contributed by atoms with Crippen LogP contribution in [0.1, 0.15) is 32.3 Å². The molecule has 22 heavy (non-hydrogen) atoms. The molecular formula is C16H21NO5. The largest absolute Gasteiger partial charge is 0.479 e. The number of amides is 1. The van der Waals surface area contributed by atoms with Gasteiger partial charge in [0.1, 0.15) is 12.1 Å². The Kier molecular flexibility index (Phi) is 4.71. The molecule has 0 aromatic heterocycles. The van der Waals surface area contributed by atoms with Crippen LogP contribution < -0.4 is 5.32 Å². The Morgan fingerprint density at radius 3 is 2.59 bits per heavy atom. The summed E-state index contributed by atoms with van der Waals surface area (Å²) in [6.45, 7) is 3.99. The van der Waals surface area contributed by atoms with Crippen LogP contribution in [0.2, 0.25) is 0 Å². The molecule has 6 heteroatoms. The topological polar surface area (TPSA) is 84.9 Å². The van der Waals surface area contributed by atoms with Gasteiger partial charge in [0.2, 0.25) is 0 Å². The van der Waals surface area contributed by atoms with E-state index in [2.05, 4.69) is 5.32 Å². The first-order valence-electron chi connectivity index (χ1n) is 7.19. The van der Waals surface area contributed by atoms with Crippen LogP contribution in [-0.4, -0.2) is 34.9 Å². The van der Waals surface area contributed by atoms with E-state index in [1.807, 2.05) is 30.3 Å². The molecule has 2 rings (SSSR count). The molecule has 2 N–H and O–H groups in total. The van der Waals surface area contributed by atoms with E-state index in [0.29, 0.717) is 0 Å². The van der Waals surface area contributed by atoms with Crippen LogP contribution in [0.15, 0.2) is 30.3 Å². The third kappa shape index (κ3) is 3.98. The molecule has 1 aliphatic rings. The van der Waals surface area contributed by atoms with E-state index < -0.39 is 23.2 Å². The average molecular weight is 307 g/mol. The Bertz CT molecular complexity index is 543. The molecule has 0 bridgehead atoms. The quantitative estimate of drug-likeness (QED) is 0.891. The van der Waals surface area contributed by atoms with Crippen LogP contribution in [0.5, 0.6) is 0 Å². The third-order valence-electron chi connectivity index (χ3n) is 3.71. The van der Waals surface area contributed by atoms with Crippen molar-refractivity contribution in [1.82, 2.24) is 5.32 Å². The van der Waals surface area contributed by atoms with Crippen molar-refractivity contribution in [2.24, 2.45) is 0 Å². The summed E-state index contributed by atoms with van der Waals surface area (Å²) in [7, 11) is 0. The number of aliphatic carboxylic acids is 1. The summed E-state index contributed by atoms with van der Waals surface area (Å²) in [6, 6.07) is 9.22. The number of ether oxygens (including phenoxy) is 2. The first kappa shape index (κ1) is 16.3. The molecule has 0 saturated carbocycles. The zero-order valence-electron chi connectivity index (χ0n) is 12.8. The van der Waals surface area contributed by atoms with Crippen molar-refractivity contribution in [2.75, 3.05) is 6.61 Å². The number of alkyl carbamates (subject to hydrolysis) is 1. The molecule has 1 aromatic rings. The van der Waals surface area contributed by atoms with Crippen LogP contribution in [0.25, 0.3) is 0 Å². The monoisotopic (exact) mass is 307 g/mol. The lowest BCUT2D eigenvalue weighted by Crippen LogP contribution is -2.61. The minimum absolute atomic E-state index is 0.0995. The van der Waals surface area contributed by atoms with Crippen molar-refractivity contribution in [3.8, 4) is 0 Å². The standard InChI is InChI=1S/C16H21NO5/c1-15(2)11-16(13(18)19,8-9-22-15)17-14(20)21-10-12-6-4-3-5-7-12/h3-7H,8-11H2,1-2H3,(H,17,20)(H,18,19). The Morgan fingerprint density at radius 1 is 1.32 bits per heavy atom. The van der Waals surface area contributed by atoms with Gasteiger partial charge >= 0.3 is 12.1 Å². The highest BCUT2D eigenvalue weighted by atomic mass is 16.5. The van der Waals surface area contributed by atoms with E-state index in [0.717, 1.165) is 5.56 Å². The van der Waals surface area contributed by atoms with E-state index in [-0.39, 0.29) is 26.1 Å². The molecule has 1 fully saturated rings. The van der Waals surface area contributed by atoms with Gasteiger partial charge in [-0.05, 0) is 19.4 Å². The molecule has 1 amide bonds. The number of nitrogens with one attached hydrogen (secondary N) is 1. The average Bonchev–Trinajstić information content (AvgIpc) is 2.45. The van der Waals surface area contributed by atoms with Gasteiger partial charge in [-0.3, -0.25) is 0 Å². The van der Waals surface area contributed by atoms with Crippen LogP contribution in [0, 0.1) is 0 Å². The Morgan fingerprint density at radius 2 is 2.00 bits per heavy atom. The van der Waals surface area contributed by atoms with Gasteiger partial charge in [-0.2, -0.15) is 0 Å². The summed E-state index contributed by atoms with van der Waals surface area (Å²) in [5, 5.41) is 12.0. The maximum Gasteiger partial charge on any atom is 0.408 e. The van der Waals surface area contributed by atoms with Crippen LogP contribution in [0.4, 0.5) is 4.79 Å². The van der Waals surface area contributed by atoms with Crippen LogP contribution >= 0.6 is 0 Å². The fraction of sp³-hybridized carbons (Fsp3) is 0.500. The first-order valence-corrected chi connectivity index (χ1v) is 7.19. The number of benzene rings is 1. The second-order valence-corrected chi connectivity index (χ2v) is 6.11. The maximum atomic E-state index is 12.0. The molecule has 0 aliphatic carbocycles. The van der Waals surface area contributed by atoms with Crippen LogP contribution in [0.3, 0.4) is 0 Å². The van der Waals surface area contributed by atoms with Crippen molar-refractivity contribution in [3.63, 3.8) is 0 Å². The molecule has 120 valence electrons. The van der Waals surface area contributed by atoms with Gasteiger partial charge in [0, 0.05) is 12.8 Å². The van der Waals surface area contributed by atoms with Gasteiger partial charge in [0.25, 0.3) is 0 Å². The summed E-state index contributed by atoms with van der Waals surface area (Å²) >= 11 is 0. The molecular weight excluding hydrogens is 286 g/mol. The van der Waals surface area contributed by atoms with E-state index in [9.17, 15) is 14.7 Å². The third-order valence-corrected chi connectivity index (χ3v) is 3.71. The van der Waals surface area contributed by atoms with E-state index in [4.69, 9.17) is 9.47 Å². The summed E-state index contributed by atoms with van der Waals surface area (Å²) in [4.78, 5) is 23.6. The molecule has 1 heterocycles. The van der Waals surface area contributed by atoms with E-state index in [1.54, 1.807) is 13.8 Å². The highest BCUT2D eigenvalue weighted by Gasteiger charge is 2.48. The minimum atomic E-state index is -1.35. The first-order chi connectivity index (χ1) is 10.3. The predicted molar refractivity (Wildman–Crippen MR) is 79.4 cm³/mol. The number of rotatable bonds is 4. The van der Waals surface area contributed by atoms with Gasteiger partial charge in [0.15, 0.2) is 0 Å². The Balaban J connectivity index is 1.99. The van der Waals surface area contributed by atoms with Crippen molar-refractivity contribution in [1.29, 1.82) is 0 Å². The Labute approximate surface area is 129 Å². The minimum Gasteiger partial charge on any atom is -0.479 e. The van der Waals surface area contributed by atoms with Crippen molar-refractivity contribution >= 4 is 12.1 Å². The van der Waals surface area contributed by atoms with Gasteiger partial charge < -0.3 is 19.9 Å². The summed E-state index contributed by atoms with van der Waals surface area (Å²) in [5.41, 5.74) is -1.12. The molecule has 1 aromatic carbocycles. The number of carboxylic acid groups (broad SMARTS) is 1. The molecule has 6 nitrogen and oxygen atoms in total. The number of carboxylic acids is 1. The van der Waals surface area contributed by atoms with Gasteiger partial charge in [0.05, 0.1) is 12.2 Å². The summed E-state index contributed by atoms with van der Waals surface area (Å²) < 4.78 is 10.6. The number of carbonyl (C=O) groups is 2. The van der Waals surface area contributed by atoms with Crippen LogP contribution in [-0.2, 0) is 20.9 Å². The molecule has 0 radical (unpaired) electrons. The van der Waals surface area contributed by atoms with Crippen molar-refractivity contribution < 1.29 is 24.2 Å². The SMILES string of the molecule is CC1(C)CC(NC(=O)OCc2ccccc2)(C(=O)O)CCO1. The number of carbonyl (C=O) groups excluding carboxylic acids is 1. The van der Waals surface area contributed by atoms with E-state index in [1.165, 1.54) is 0 Å². The van der Waals surface area contributed by atoms with E-state index >= 15 is 0 Å².